The fraction of sp³-hybridized carbons (Fsp3) is 0.933. The molecule has 0 saturated carbocycles. The molecular weight excluding hydrogens is 292 g/mol. The van der Waals surface area contributed by atoms with Gasteiger partial charge in [-0.2, -0.15) is 0 Å². The summed E-state index contributed by atoms with van der Waals surface area (Å²) in [6.07, 6.45) is -0.882. The Hall–Kier alpha value is -0.730. The van der Waals surface area contributed by atoms with Crippen LogP contribution in [0.1, 0.15) is 33.1 Å². The molecular formula is C15H24O7. The molecule has 7 nitrogen and oxygen atoms in total. The van der Waals surface area contributed by atoms with Gasteiger partial charge in [0.2, 0.25) is 0 Å². The van der Waals surface area contributed by atoms with Crippen LogP contribution in [0.3, 0.4) is 0 Å². The zero-order valence-electron chi connectivity index (χ0n) is 13.2. The van der Waals surface area contributed by atoms with Crippen LogP contribution < -0.4 is 0 Å². The van der Waals surface area contributed by atoms with Gasteiger partial charge in [0.1, 0.15) is 24.4 Å². The Morgan fingerprint density at radius 2 is 2.00 bits per heavy atom. The van der Waals surface area contributed by atoms with Crippen LogP contribution >= 0.6 is 0 Å². The first-order valence-corrected chi connectivity index (χ1v) is 7.77. The Kier molecular flexibility index (Phi) is 4.44. The fourth-order valence-electron chi connectivity index (χ4n) is 3.39. The van der Waals surface area contributed by atoms with E-state index in [-0.39, 0.29) is 30.7 Å². The third-order valence-electron chi connectivity index (χ3n) is 4.52. The van der Waals surface area contributed by atoms with Gasteiger partial charge in [0.15, 0.2) is 5.79 Å². The van der Waals surface area contributed by atoms with Gasteiger partial charge in [-0.05, 0) is 26.7 Å². The second-order valence-electron chi connectivity index (χ2n) is 6.58. The van der Waals surface area contributed by atoms with Gasteiger partial charge in [0.05, 0.1) is 32.3 Å². The van der Waals surface area contributed by atoms with E-state index in [2.05, 4.69) is 4.74 Å². The minimum Gasteiger partial charge on any atom is -0.469 e. The number of aliphatic hydroxyl groups is 1. The maximum Gasteiger partial charge on any atom is 0.308 e. The molecule has 0 aromatic rings. The second kappa shape index (κ2) is 6.05. The monoisotopic (exact) mass is 316 g/mol. The molecule has 3 heterocycles. The Labute approximate surface area is 129 Å². The smallest absolute Gasteiger partial charge is 0.308 e. The predicted octanol–water partition coefficient (Wildman–Crippen LogP) is 0.377. The van der Waals surface area contributed by atoms with Crippen molar-refractivity contribution in [3.63, 3.8) is 0 Å². The lowest BCUT2D eigenvalue weighted by molar-refractivity contribution is -0.367. The fourth-order valence-corrected chi connectivity index (χ4v) is 3.39. The van der Waals surface area contributed by atoms with E-state index in [9.17, 15) is 9.90 Å². The number of esters is 1. The molecule has 0 bridgehead atoms. The van der Waals surface area contributed by atoms with Crippen LogP contribution in [-0.4, -0.2) is 67.2 Å². The van der Waals surface area contributed by atoms with Crippen molar-refractivity contribution >= 4 is 5.97 Å². The Bertz CT molecular complexity index is 424. The molecule has 1 N–H and O–H groups in total. The molecule has 126 valence electrons. The molecule has 0 spiro atoms. The normalized spacial score (nSPS) is 43.8. The highest BCUT2D eigenvalue weighted by molar-refractivity contribution is 5.69. The van der Waals surface area contributed by atoms with Gasteiger partial charge in [-0.1, -0.05) is 0 Å². The zero-order chi connectivity index (χ0) is 15.9. The summed E-state index contributed by atoms with van der Waals surface area (Å²) >= 11 is 0. The molecule has 0 aromatic heterocycles. The average Bonchev–Trinajstić information content (AvgIpc) is 2.48. The first kappa shape index (κ1) is 16.1. The Balaban J connectivity index is 1.67. The highest BCUT2D eigenvalue weighted by Crippen LogP contribution is 2.37. The molecule has 3 saturated heterocycles. The minimum absolute atomic E-state index is 0.190. The summed E-state index contributed by atoms with van der Waals surface area (Å²) in [6, 6.07) is 0. The van der Waals surface area contributed by atoms with Crippen molar-refractivity contribution in [2.24, 2.45) is 0 Å². The lowest BCUT2D eigenvalue weighted by Gasteiger charge is -2.52. The van der Waals surface area contributed by atoms with Crippen LogP contribution in [0.25, 0.3) is 0 Å². The first-order valence-electron chi connectivity index (χ1n) is 7.77. The molecule has 3 fully saturated rings. The van der Waals surface area contributed by atoms with Crippen LogP contribution in [0.5, 0.6) is 0 Å². The van der Waals surface area contributed by atoms with E-state index < -0.39 is 24.1 Å². The van der Waals surface area contributed by atoms with Crippen molar-refractivity contribution in [2.45, 2.75) is 75.5 Å². The number of carbonyl (C=O) groups excluding carboxylic acids is 1. The van der Waals surface area contributed by atoms with E-state index in [0.29, 0.717) is 13.0 Å². The highest BCUT2D eigenvalue weighted by Gasteiger charge is 2.52. The lowest BCUT2D eigenvalue weighted by Crippen LogP contribution is -2.66. The molecule has 1 unspecified atom stereocenters. The van der Waals surface area contributed by atoms with Crippen LogP contribution in [0, 0.1) is 0 Å². The van der Waals surface area contributed by atoms with E-state index in [0.717, 1.165) is 6.42 Å². The van der Waals surface area contributed by atoms with Crippen molar-refractivity contribution in [3.05, 3.63) is 0 Å². The summed E-state index contributed by atoms with van der Waals surface area (Å²) in [7, 11) is 1.36. The van der Waals surface area contributed by atoms with Gasteiger partial charge < -0.3 is 28.8 Å². The van der Waals surface area contributed by atoms with Crippen LogP contribution in [0.2, 0.25) is 0 Å². The van der Waals surface area contributed by atoms with E-state index in [1.807, 2.05) is 13.8 Å². The third-order valence-corrected chi connectivity index (χ3v) is 4.52. The Morgan fingerprint density at radius 3 is 2.73 bits per heavy atom. The number of hydrogen-bond acceptors (Lipinski definition) is 7. The summed E-state index contributed by atoms with van der Waals surface area (Å²) in [5, 5.41) is 10.6. The lowest BCUT2D eigenvalue weighted by atomic mass is 9.88. The molecule has 0 amide bonds. The molecule has 6 atom stereocenters. The van der Waals surface area contributed by atoms with Crippen LogP contribution in [-0.2, 0) is 28.5 Å². The molecule has 3 aliphatic rings. The van der Waals surface area contributed by atoms with E-state index in [1.165, 1.54) is 7.11 Å². The maximum absolute atomic E-state index is 11.4. The van der Waals surface area contributed by atoms with E-state index in [1.54, 1.807) is 0 Å². The number of hydrogen-bond donors (Lipinski definition) is 1. The van der Waals surface area contributed by atoms with Crippen LogP contribution in [0.4, 0.5) is 0 Å². The average molecular weight is 316 g/mol. The number of fused-ring (bicyclic) bond motifs is 2. The molecule has 7 heteroatoms. The predicted molar refractivity (Wildman–Crippen MR) is 74.1 cm³/mol. The second-order valence-corrected chi connectivity index (χ2v) is 6.58. The highest BCUT2D eigenvalue weighted by atomic mass is 16.7. The van der Waals surface area contributed by atoms with Crippen molar-refractivity contribution in [1.29, 1.82) is 0 Å². The van der Waals surface area contributed by atoms with Crippen molar-refractivity contribution in [3.8, 4) is 0 Å². The van der Waals surface area contributed by atoms with Gasteiger partial charge in [-0.15, -0.1) is 0 Å². The quantitative estimate of drug-likeness (QED) is 0.737. The van der Waals surface area contributed by atoms with Gasteiger partial charge in [-0.3, -0.25) is 4.79 Å². The molecule has 0 radical (unpaired) electrons. The van der Waals surface area contributed by atoms with Gasteiger partial charge in [-0.25, -0.2) is 0 Å². The molecule has 22 heavy (non-hydrogen) atoms. The van der Waals surface area contributed by atoms with Crippen molar-refractivity contribution < 1.29 is 33.6 Å². The van der Waals surface area contributed by atoms with E-state index >= 15 is 0 Å². The first-order chi connectivity index (χ1) is 10.4. The standard InChI is InChI=1S/C15H24O7/c1-15(2)19-7-10-14(22-15)12(17)13-9(21-10)5-4-8(20-13)6-11(16)18-3/h8-10,12-14,17H,4-7H2,1-3H3/t8?,9-,10-,12+,13-,14+/m0/s1. The van der Waals surface area contributed by atoms with Gasteiger partial charge in [0, 0.05) is 0 Å². The molecule has 3 aliphatic heterocycles. The summed E-state index contributed by atoms with van der Waals surface area (Å²) in [6.45, 7) is 4.01. The number of rotatable bonds is 2. The van der Waals surface area contributed by atoms with Crippen LogP contribution in [0.15, 0.2) is 0 Å². The summed E-state index contributed by atoms with van der Waals surface area (Å²) < 4.78 is 28.0. The summed E-state index contributed by atoms with van der Waals surface area (Å²) in [5.74, 6) is -1.06. The number of methoxy groups -OCH3 is 1. The molecule has 3 rings (SSSR count). The van der Waals surface area contributed by atoms with E-state index in [4.69, 9.17) is 18.9 Å². The topological polar surface area (TPSA) is 83.5 Å². The maximum atomic E-state index is 11.4. The minimum atomic E-state index is -0.799. The number of aliphatic hydroxyl groups excluding tert-OH is 1. The summed E-state index contributed by atoms with van der Waals surface area (Å²) in [5.41, 5.74) is 0. The Morgan fingerprint density at radius 1 is 1.23 bits per heavy atom. The van der Waals surface area contributed by atoms with Crippen molar-refractivity contribution in [2.75, 3.05) is 13.7 Å². The van der Waals surface area contributed by atoms with Gasteiger partial charge in [0.25, 0.3) is 0 Å². The molecule has 0 aliphatic carbocycles. The molecule has 0 aromatic carbocycles. The summed E-state index contributed by atoms with van der Waals surface area (Å²) in [4.78, 5) is 11.4. The number of ether oxygens (including phenoxy) is 5. The SMILES string of the molecule is COC(=O)CC1CC[C@@H]2O[C@H]3COC(C)(C)O[C@H]3[C@H](O)[C@H]2O1. The largest absolute Gasteiger partial charge is 0.469 e. The third kappa shape index (κ3) is 3.14. The number of carbonyl (C=O) groups is 1. The zero-order valence-corrected chi connectivity index (χ0v) is 13.2. The van der Waals surface area contributed by atoms with Crippen molar-refractivity contribution in [1.82, 2.24) is 0 Å². The van der Waals surface area contributed by atoms with Gasteiger partial charge >= 0.3 is 5.97 Å².